The van der Waals surface area contributed by atoms with Crippen molar-refractivity contribution < 1.29 is 18.7 Å². The molecule has 36 heavy (non-hydrogen) atoms. The molecule has 1 spiro atoms. The van der Waals surface area contributed by atoms with Crippen molar-refractivity contribution in [3.05, 3.63) is 48.4 Å². The molecule has 3 aliphatic heterocycles. The molecule has 2 aromatic rings. The minimum Gasteiger partial charge on any atom is -0.494 e. The lowest BCUT2D eigenvalue weighted by molar-refractivity contribution is -0.141. The van der Waals surface area contributed by atoms with Crippen LogP contribution >= 0.6 is 0 Å². The number of morpholine rings is 1. The van der Waals surface area contributed by atoms with Gasteiger partial charge in [-0.25, -0.2) is 9.37 Å². The molecule has 5 rings (SSSR count). The number of carbonyl (C=O) groups is 1. The molecule has 0 unspecified atom stereocenters. The number of benzene rings is 1. The number of amides is 1. The summed E-state index contributed by atoms with van der Waals surface area (Å²) in [6, 6.07) is 11.3. The van der Waals surface area contributed by atoms with Crippen LogP contribution in [0.2, 0.25) is 0 Å². The second kappa shape index (κ2) is 11.1. The van der Waals surface area contributed by atoms with Gasteiger partial charge >= 0.3 is 0 Å². The van der Waals surface area contributed by atoms with E-state index in [0.29, 0.717) is 12.4 Å². The number of piperidine rings is 2. The standard InChI is InChI=1S/C28H37FN4O3/c1-22-4-2-13-31(19-22)14-3-17-35-25-8-6-24(7-9-25)32-15-11-28(12-16-32)21-33(27(34)20-36-28)26-10-5-23(29)18-30-26/h5-10,18,22H,2-4,11-17,19-21H2,1H3/t22-/m0/s1. The molecular formula is C28H37FN4O3. The average Bonchev–Trinajstić information content (AvgIpc) is 2.90. The van der Waals surface area contributed by atoms with Crippen LogP contribution in [0.4, 0.5) is 15.9 Å². The van der Waals surface area contributed by atoms with Gasteiger partial charge in [0.2, 0.25) is 0 Å². The Hall–Kier alpha value is -2.71. The summed E-state index contributed by atoms with van der Waals surface area (Å²) < 4.78 is 25.3. The van der Waals surface area contributed by atoms with Crippen LogP contribution in [0.25, 0.3) is 0 Å². The van der Waals surface area contributed by atoms with Gasteiger partial charge in [-0.3, -0.25) is 9.69 Å². The summed E-state index contributed by atoms with van der Waals surface area (Å²) in [6.07, 6.45) is 6.49. The molecule has 1 aromatic heterocycles. The van der Waals surface area contributed by atoms with Crippen LogP contribution in [-0.2, 0) is 9.53 Å². The first kappa shape index (κ1) is 25.0. The van der Waals surface area contributed by atoms with E-state index in [0.717, 1.165) is 63.4 Å². The molecule has 3 saturated heterocycles. The maximum absolute atomic E-state index is 13.3. The maximum atomic E-state index is 13.3. The summed E-state index contributed by atoms with van der Waals surface area (Å²) in [7, 11) is 0. The van der Waals surface area contributed by atoms with Gasteiger partial charge < -0.3 is 19.3 Å². The SMILES string of the molecule is C[C@H]1CCCN(CCCOc2ccc(N3CCC4(CC3)CN(c3ccc(F)cn3)C(=O)CO4)cc2)C1. The third-order valence-corrected chi connectivity index (χ3v) is 7.74. The molecule has 8 heteroatoms. The lowest BCUT2D eigenvalue weighted by Crippen LogP contribution is -2.59. The van der Waals surface area contributed by atoms with Crippen molar-refractivity contribution >= 4 is 17.4 Å². The van der Waals surface area contributed by atoms with Crippen LogP contribution in [0.3, 0.4) is 0 Å². The summed E-state index contributed by atoms with van der Waals surface area (Å²) in [5.41, 5.74) is 0.777. The molecule has 0 aliphatic carbocycles. The Kier molecular flexibility index (Phi) is 7.72. The number of carbonyl (C=O) groups excluding carboxylic acids is 1. The normalized spacial score (nSPS) is 22.7. The first-order valence-electron chi connectivity index (χ1n) is 13.3. The highest BCUT2D eigenvalue weighted by atomic mass is 19.1. The summed E-state index contributed by atoms with van der Waals surface area (Å²) in [4.78, 5) is 23.1. The van der Waals surface area contributed by atoms with Crippen molar-refractivity contribution in [2.75, 3.05) is 62.3 Å². The molecular weight excluding hydrogens is 459 g/mol. The quantitative estimate of drug-likeness (QED) is 0.538. The second-order valence-electron chi connectivity index (χ2n) is 10.5. The minimum absolute atomic E-state index is 0.0296. The number of pyridine rings is 1. The number of likely N-dealkylation sites (tertiary alicyclic amines) is 1. The van der Waals surface area contributed by atoms with E-state index < -0.39 is 11.4 Å². The van der Waals surface area contributed by atoms with E-state index in [1.54, 1.807) is 11.0 Å². The summed E-state index contributed by atoms with van der Waals surface area (Å²) in [6.45, 7) is 8.79. The lowest BCUT2D eigenvalue weighted by Gasteiger charge is -2.47. The smallest absolute Gasteiger partial charge is 0.254 e. The number of aromatic nitrogens is 1. The lowest BCUT2D eigenvalue weighted by atomic mass is 9.89. The predicted octanol–water partition coefficient (Wildman–Crippen LogP) is 4.12. The highest BCUT2D eigenvalue weighted by Crippen LogP contribution is 2.34. The number of anilines is 2. The van der Waals surface area contributed by atoms with E-state index in [1.165, 1.54) is 37.7 Å². The van der Waals surface area contributed by atoms with Crippen LogP contribution in [0.1, 0.15) is 39.0 Å². The van der Waals surface area contributed by atoms with Crippen LogP contribution in [0, 0.1) is 11.7 Å². The number of rotatable bonds is 7. The van der Waals surface area contributed by atoms with E-state index in [4.69, 9.17) is 9.47 Å². The van der Waals surface area contributed by atoms with Gasteiger partial charge in [0, 0.05) is 31.9 Å². The third-order valence-electron chi connectivity index (χ3n) is 7.74. The zero-order chi connectivity index (χ0) is 25.0. The molecule has 1 aromatic carbocycles. The van der Waals surface area contributed by atoms with Gasteiger partial charge in [-0.15, -0.1) is 0 Å². The molecule has 0 radical (unpaired) electrons. The van der Waals surface area contributed by atoms with Crippen LogP contribution < -0.4 is 14.5 Å². The van der Waals surface area contributed by atoms with Crippen molar-refractivity contribution in [3.8, 4) is 5.75 Å². The Bertz CT molecular complexity index is 1010. The fourth-order valence-electron chi connectivity index (χ4n) is 5.65. The Balaban J connectivity index is 1.09. The van der Waals surface area contributed by atoms with E-state index in [2.05, 4.69) is 46.0 Å². The number of hydrogen-bond acceptors (Lipinski definition) is 6. The summed E-state index contributed by atoms with van der Waals surface area (Å²) >= 11 is 0. The van der Waals surface area contributed by atoms with E-state index in [9.17, 15) is 9.18 Å². The number of ether oxygens (including phenoxy) is 2. The Morgan fingerprint density at radius 3 is 2.67 bits per heavy atom. The largest absolute Gasteiger partial charge is 0.494 e. The number of halogens is 1. The maximum Gasteiger partial charge on any atom is 0.254 e. The van der Waals surface area contributed by atoms with E-state index in [-0.39, 0.29) is 12.5 Å². The monoisotopic (exact) mass is 496 g/mol. The molecule has 4 heterocycles. The molecule has 0 N–H and O–H groups in total. The zero-order valence-corrected chi connectivity index (χ0v) is 21.2. The molecule has 3 aliphatic rings. The van der Waals surface area contributed by atoms with Gasteiger partial charge in [0.25, 0.3) is 5.91 Å². The van der Waals surface area contributed by atoms with Gasteiger partial charge in [-0.05, 0) is 81.0 Å². The molecule has 1 amide bonds. The Labute approximate surface area is 213 Å². The molecule has 194 valence electrons. The van der Waals surface area contributed by atoms with Gasteiger partial charge in [0.05, 0.1) is 24.9 Å². The molecule has 0 saturated carbocycles. The highest BCUT2D eigenvalue weighted by molar-refractivity contribution is 5.94. The second-order valence-corrected chi connectivity index (χ2v) is 10.5. The zero-order valence-electron chi connectivity index (χ0n) is 21.2. The number of nitrogens with zero attached hydrogens (tertiary/aromatic N) is 4. The first-order chi connectivity index (χ1) is 17.5. The fraction of sp³-hybridized carbons (Fsp3) is 0.571. The Morgan fingerprint density at radius 2 is 1.94 bits per heavy atom. The van der Waals surface area contributed by atoms with Crippen molar-refractivity contribution in [2.24, 2.45) is 5.92 Å². The average molecular weight is 497 g/mol. The minimum atomic E-state index is -0.411. The van der Waals surface area contributed by atoms with E-state index >= 15 is 0 Å². The molecule has 3 fully saturated rings. The summed E-state index contributed by atoms with van der Waals surface area (Å²) in [5, 5.41) is 0. The van der Waals surface area contributed by atoms with Gasteiger partial charge in [-0.2, -0.15) is 0 Å². The van der Waals surface area contributed by atoms with Crippen LogP contribution in [0.5, 0.6) is 5.75 Å². The molecule has 7 nitrogen and oxygen atoms in total. The predicted molar refractivity (Wildman–Crippen MR) is 138 cm³/mol. The highest BCUT2D eigenvalue weighted by Gasteiger charge is 2.43. The number of hydrogen-bond donors (Lipinski definition) is 0. The topological polar surface area (TPSA) is 58.1 Å². The van der Waals surface area contributed by atoms with Crippen LogP contribution in [0.15, 0.2) is 42.6 Å². The fourth-order valence-corrected chi connectivity index (χ4v) is 5.65. The Morgan fingerprint density at radius 1 is 1.14 bits per heavy atom. The van der Waals surface area contributed by atoms with Gasteiger partial charge in [-0.1, -0.05) is 6.92 Å². The van der Waals surface area contributed by atoms with Crippen molar-refractivity contribution in [3.63, 3.8) is 0 Å². The van der Waals surface area contributed by atoms with Gasteiger partial charge in [0.1, 0.15) is 24.0 Å². The molecule has 0 bridgehead atoms. The third kappa shape index (κ3) is 5.98. The van der Waals surface area contributed by atoms with Crippen molar-refractivity contribution in [1.82, 2.24) is 9.88 Å². The molecule has 1 atom stereocenters. The van der Waals surface area contributed by atoms with Crippen LogP contribution in [-0.4, -0.2) is 73.9 Å². The first-order valence-corrected chi connectivity index (χ1v) is 13.3. The van der Waals surface area contributed by atoms with Crippen molar-refractivity contribution in [2.45, 2.75) is 44.6 Å². The van der Waals surface area contributed by atoms with E-state index in [1.807, 2.05) is 0 Å². The van der Waals surface area contributed by atoms with Gasteiger partial charge in [0.15, 0.2) is 0 Å². The van der Waals surface area contributed by atoms with Crippen molar-refractivity contribution in [1.29, 1.82) is 0 Å². The summed E-state index contributed by atoms with van der Waals surface area (Å²) in [5.74, 6) is 1.66.